The first-order valence-electron chi connectivity index (χ1n) is 11.8. The molecule has 1 aromatic carbocycles. The zero-order valence-corrected chi connectivity index (χ0v) is 20.5. The van der Waals surface area contributed by atoms with E-state index in [9.17, 15) is 9.18 Å². The molecule has 0 aliphatic carbocycles. The van der Waals surface area contributed by atoms with Crippen molar-refractivity contribution in [1.82, 2.24) is 19.6 Å². The number of hydrogen-bond donors (Lipinski definition) is 1. The molecule has 0 radical (unpaired) electrons. The first kappa shape index (κ1) is 23.2. The van der Waals surface area contributed by atoms with Crippen LogP contribution in [0, 0.1) is 5.82 Å². The molecule has 10 heteroatoms. The minimum absolute atomic E-state index is 0.0428. The molecule has 35 heavy (non-hydrogen) atoms. The van der Waals surface area contributed by atoms with Gasteiger partial charge >= 0.3 is 5.97 Å². The lowest BCUT2D eigenvalue weighted by Gasteiger charge is -2.28. The maximum absolute atomic E-state index is 14.2. The monoisotopic (exact) mass is 494 g/mol. The maximum atomic E-state index is 14.2. The number of esters is 1. The summed E-state index contributed by atoms with van der Waals surface area (Å²) in [6.45, 7) is 4.98. The number of carbonyl (C=O) groups is 1. The Morgan fingerprint density at radius 3 is 2.94 bits per heavy atom. The molecule has 0 spiro atoms. The van der Waals surface area contributed by atoms with Crippen LogP contribution in [0.3, 0.4) is 0 Å². The third-order valence-corrected chi connectivity index (χ3v) is 7.09. The van der Waals surface area contributed by atoms with Gasteiger partial charge in [-0.2, -0.15) is 0 Å². The molecule has 182 valence electrons. The molecule has 1 aliphatic heterocycles. The Kier molecular flexibility index (Phi) is 6.38. The number of carbonyl (C=O) groups excluding carboxylic acids is 1. The molecule has 2 N–H and O–H groups in total. The maximum Gasteiger partial charge on any atom is 0.357 e. The molecule has 1 aliphatic rings. The van der Waals surface area contributed by atoms with Gasteiger partial charge in [-0.05, 0) is 55.5 Å². The molecule has 4 aromatic rings. The van der Waals surface area contributed by atoms with E-state index in [1.165, 1.54) is 23.0 Å². The van der Waals surface area contributed by atoms with Crippen molar-refractivity contribution in [3.05, 3.63) is 58.5 Å². The Morgan fingerprint density at radius 1 is 1.29 bits per heavy atom. The van der Waals surface area contributed by atoms with Crippen molar-refractivity contribution in [1.29, 1.82) is 0 Å². The number of ether oxygens (including phenoxy) is 1. The van der Waals surface area contributed by atoms with Crippen LogP contribution in [0.2, 0.25) is 0 Å². The lowest BCUT2D eigenvalue weighted by Crippen LogP contribution is -2.24. The highest BCUT2D eigenvalue weighted by Crippen LogP contribution is 2.39. The fourth-order valence-electron chi connectivity index (χ4n) is 4.73. The Bertz CT molecular complexity index is 1380. The second-order valence-corrected chi connectivity index (χ2v) is 9.38. The van der Waals surface area contributed by atoms with Crippen LogP contribution in [0.15, 0.2) is 35.8 Å². The number of nitrogen functional groups attached to an aromatic ring is 1. The van der Waals surface area contributed by atoms with Gasteiger partial charge in [0, 0.05) is 18.1 Å². The second-order valence-electron chi connectivity index (χ2n) is 8.52. The number of aromatic nitrogens is 4. The highest BCUT2D eigenvalue weighted by atomic mass is 32.1. The van der Waals surface area contributed by atoms with Crippen molar-refractivity contribution in [2.45, 2.75) is 45.6 Å². The molecule has 1 saturated heterocycles. The summed E-state index contributed by atoms with van der Waals surface area (Å²) in [5.41, 5.74) is 9.82. The van der Waals surface area contributed by atoms with E-state index in [0.717, 1.165) is 43.6 Å². The summed E-state index contributed by atoms with van der Waals surface area (Å²) >= 11 is 1.29. The SMILES string of the molecule is CCCc1ccc(F)cc1C1CCCN1c1ccn2nc(N)c(-c3nc(C(=O)OCC)cs3)c2n1. The minimum atomic E-state index is -0.475. The number of nitrogens with zero attached hydrogens (tertiary/aromatic N) is 5. The fourth-order valence-corrected chi connectivity index (χ4v) is 5.56. The number of nitrogens with two attached hydrogens (primary N) is 1. The van der Waals surface area contributed by atoms with E-state index in [-0.39, 0.29) is 30.0 Å². The van der Waals surface area contributed by atoms with E-state index in [1.807, 2.05) is 18.3 Å². The van der Waals surface area contributed by atoms with Crippen molar-refractivity contribution in [2.24, 2.45) is 0 Å². The molecule has 4 heterocycles. The summed E-state index contributed by atoms with van der Waals surface area (Å²) in [6.07, 6.45) is 5.64. The number of hydrogen-bond acceptors (Lipinski definition) is 8. The van der Waals surface area contributed by atoms with Crippen LogP contribution in [0.5, 0.6) is 0 Å². The van der Waals surface area contributed by atoms with Crippen molar-refractivity contribution in [3.8, 4) is 10.6 Å². The number of benzene rings is 1. The van der Waals surface area contributed by atoms with E-state index in [0.29, 0.717) is 16.2 Å². The zero-order valence-electron chi connectivity index (χ0n) is 19.7. The third kappa shape index (κ3) is 4.34. The van der Waals surface area contributed by atoms with Crippen LogP contribution in [-0.2, 0) is 11.2 Å². The normalized spacial score (nSPS) is 15.7. The second kappa shape index (κ2) is 9.61. The lowest BCUT2D eigenvalue weighted by molar-refractivity contribution is 0.0520. The summed E-state index contributed by atoms with van der Waals surface area (Å²) < 4.78 is 20.9. The molecule has 3 aromatic heterocycles. The summed E-state index contributed by atoms with van der Waals surface area (Å²) in [5.74, 6) is 0.362. The summed E-state index contributed by atoms with van der Waals surface area (Å²) in [6, 6.07) is 7.06. The van der Waals surface area contributed by atoms with Crippen LogP contribution in [0.1, 0.15) is 60.8 Å². The molecule has 0 amide bonds. The van der Waals surface area contributed by atoms with Gasteiger partial charge in [0.2, 0.25) is 0 Å². The molecular formula is C25H27FN6O2S. The third-order valence-electron chi connectivity index (χ3n) is 6.23. The molecule has 0 bridgehead atoms. The highest BCUT2D eigenvalue weighted by molar-refractivity contribution is 7.13. The molecule has 8 nitrogen and oxygen atoms in total. The zero-order chi connectivity index (χ0) is 24.5. The van der Waals surface area contributed by atoms with Crippen LogP contribution < -0.4 is 10.6 Å². The predicted octanol–water partition coefficient (Wildman–Crippen LogP) is 5.04. The summed E-state index contributed by atoms with van der Waals surface area (Å²) in [5, 5.41) is 6.59. The van der Waals surface area contributed by atoms with Crippen LogP contribution in [-0.4, -0.2) is 38.7 Å². The smallest absolute Gasteiger partial charge is 0.357 e. The van der Waals surface area contributed by atoms with Gasteiger partial charge in [-0.1, -0.05) is 19.4 Å². The van der Waals surface area contributed by atoms with E-state index < -0.39 is 5.97 Å². The van der Waals surface area contributed by atoms with Gasteiger partial charge in [-0.3, -0.25) is 0 Å². The Balaban J connectivity index is 1.54. The molecule has 5 rings (SSSR count). The minimum Gasteiger partial charge on any atom is -0.461 e. The van der Waals surface area contributed by atoms with Gasteiger partial charge in [0.1, 0.15) is 16.6 Å². The first-order valence-corrected chi connectivity index (χ1v) is 12.7. The van der Waals surface area contributed by atoms with Crippen molar-refractivity contribution >= 4 is 34.6 Å². The summed E-state index contributed by atoms with van der Waals surface area (Å²) in [7, 11) is 0. The number of anilines is 2. The lowest BCUT2D eigenvalue weighted by atomic mass is 9.95. The number of fused-ring (bicyclic) bond motifs is 1. The largest absolute Gasteiger partial charge is 0.461 e. The molecule has 1 fully saturated rings. The van der Waals surface area contributed by atoms with E-state index in [2.05, 4.69) is 21.9 Å². The Morgan fingerprint density at radius 2 is 2.14 bits per heavy atom. The van der Waals surface area contributed by atoms with E-state index in [1.54, 1.807) is 22.9 Å². The first-order chi connectivity index (χ1) is 17.0. The predicted molar refractivity (Wildman–Crippen MR) is 134 cm³/mol. The van der Waals surface area contributed by atoms with E-state index in [4.69, 9.17) is 15.5 Å². The van der Waals surface area contributed by atoms with Crippen molar-refractivity contribution < 1.29 is 13.9 Å². The van der Waals surface area contributed by atoms with Gasteiger partial charge in [0.15, 0.2) is 17.2 Å². The molecule has 0 saturated carbocycles. The molecule has 1 unspecified atom stereocenters. The Labute approximate surface area is 206 Å². The fraction of sp³-hybridized carbons (Fsp3) is 0.360. The number of aryl methyl sites for hydroxylation is 1. The topological polar surface area (TPSA) is 98.6 Å². The van der Waals surface area contributed by atoms with Crippen molar-refractivity contribution in [3.63, 3.8) is 0 Å². The van der Waals surface area contributed by atoms with Crippen LogP contribution in [0.4, 0.5) is 16.0 Å². The summed E-state index contributed by atoms with van der Waals surface area (Å²) in [4.78, 5) is 23.7. The number of halogens is 1. The van der Waals surface area contributed by atoms with Crippen LogP contribution >= 0.6 is 11.3 Å². The number of thiazole rings is 1. The van der Waals surface area contributed by atoms with Crippen molar-refractivity contribution in [2.75, 3.05) is 23.8 Å². The highest BCUT2D eigenvalue weighted by Gasteiger charge is 2.30. The van der Waals surface area contributed by atoms with Crippen LogP contribution in [0.25, 0.3) is 16.2 Å². The quantitative estimate of drug-likeness (QED) is 0.359. The van der Waals surface area contributed by atoms with Gasteiger partial charge in [-0.15, -0.1) is 16.4 Å². The van der Waals surface area contributed by atoms with Gasteiger partial charge in [-0.25, -0.2) is 23.7 Å². The van der Waals surface area contributed by atoms with E-state index >= 15 is 0 Å². The Hall–Kier alpha value is -3.53. The van der Waals surface area contributed by atoms with Gasteiger partial charge in [0.25, 0.3) is 0 Å². The van der Waals surface area contributed by atoms with Gasteiger partial charge < -0.3 is 15.4 Å². The molecule has 1 atom stereocenters. The average Bonchev–Trinajstić information content (AvgIpc) is 3.58. The van der Waals surface area contributed by atoms with Gasteiger partial charge in [0.05, 0.1) is 18.2 Å². The standard InChI is InChI=1S/C25H27FN6O2S/c1-3-6-15-8-9-16(26)13-17(15)19-7-5-11-31(19)20-10-12-32-23(29-20)21(22(27)30-32)24-28-18(14-35-24)25(33)34-4-2/h8-10,12-14,19H,3-7,11H2,1-2H3,(H2,27,30). The molecular weight excluding hydrogens is 467 g/mol. The average molecular weight is 495 g/mol. The number of rotatable bonds is 7.